The van der Waals surface area contributed by atoms with Gasteiger partial charge in [0.05, 0.1) is 5.58 Å². The molecule has 3 nitrogen and oxygen atoms in total. The Kier molecular flexibility index (Phi) is 9.70. The molecule has 7 rings (SSSR count). The SMILES string of the molecule is CC1CC(c2ccc(-c3[c-]cc([Si](C)(C)C)c4c3oc3ccccc34)nc2)CC1C.Cc1ccc(-c2[c-]cccc2)nc1.[Ir]. The Balaban J connectivity index is 0.000000230. The van der Waals surface area contributed by atoms with Crippen LogP contribution in [0.2, 0.25) is 19.6 Å². The number of pyridine rings is 2. The van der Waals surface area contributed by atoms with Gasteiger partial charge in [0, 0.05) is 46.0 Å². The molecule has 3 heterocycles. The van der Waals surface area contributed by atoms with E-state index in [1.54, 1.807) is 0 Å². The summed E-state index contributed by atoms with van der Waals surface area (Å²) < 4.78 is 6.38. The van der Waals surface area contributed by atoms with E-state index in [1.807, 2.05) is 49.5 Å². The van der Waals surface area contributed by atoms with Gasteiger partial charge < -0.3 is 14.4 Å². The van der Waals surface area contributed by atoms with Crippen molar-refractivity contribution in [2.75, 3.05) is 0 Å². The average molecular weight is 773 g/mol. The third-order valence-electron chi connectivity index (χ3n) is 8.96. The van der Waals surface area contributed by atoms with Crippen molar-refractivity contribution in [2.45, 2.75) is 59.2 Å². The normalized spacial score (nSPS) is 18.1. The Morgan fingerprint density at radius 2 is 1.50 bits per heavy atom. The van der Waals surface area contributed by atoms with Gasteiger partial charge in [0.15, 0.2) is 0 Å². The number of hydrogen-bond donors (Lipinski definition) is 0. The molecule has 2 atom stereocenters. The minimum Gasteiger partial charge on any atom is -0.501 e. The number of nitrogens with zero attached hydrogens (tertiary/aromatic N) is 2. The summed E-state index contributed by atoms with van der Waals surface area (Å²) >= 11 is 0. The predicted octanol–water partition coefficient (Wildman–Crippen LogP) is 10.00. The van der Waals surface area contributed by atoms with Crippen LogP contribution in [0.1, 0.15) is 43.7 Å². The maximum Gasteiger partial charge on any atom is 0.120 e. The number of benzene rings is 3. The molecule has 0 saturated heterocycles. The molecular weight excluding hydrogens is 733 g/mol. The summed E-state index contributed by atoms with van der Waals surface area (Å²) in [6, 6.07) is 33.6. The summed E-state index contributed by atoms with van der Waals surface area (Å²) in [7, 11) is -1.55. The van der Waals surface area contributed by atoms with Gasteiger partial charge in [-0.05, 0) is 66.1 Å². The maximum absolute atomic E-state index is 6.38. The fourth-order valence-electron chi connectivity index (χ4n) is 6.26. The van der Waals surface area contributed by atoms with Crippen LogP contribution in [0.4, 0.5) is 0 Å². The van der Waals surface area contributed by atoms with Crippen molar-refractivity contribution in [3.63, 3.8) is 0 Å². The van der Waals surface area contributed by atoms with E-state index >= 15 is 0 Å². The fourth-order valence-corrected chi connectivity index (χ4v) is 7.76. The van der Waals surface area contributed by atoms with Crippen LogP contribution in [0.25, 0.3) is 44.5 Å². The van der Waals surface area contributed by atoms with Gasteiger partial charge in [-0.15, -0.1) is 53.2 Å². The Morgan fingerprint density at radius 1 is 0.795 bits per heavy atom. The van der Waals surface area contributed by atoms with Crippen LogP contribution in [0.3, 0.4) is 0 Å². The van der Waals surface area contributed by atoms with Crippen molar-refractivity contribution in [3.8, 4) is 22.5 Å². The molecule has 1 saturated carbocycles. The number of rotatable bonds is 4. The molecule has 0 bridgehead atoms. The molecule has 0 aliphatic heterocycles. The van der Waals surface area contributed by atoms with Crippen LogP contribution in [0, 0.1) is 30.9 Å². The van der Waals surface area contributed by atoms with E-state index < -0.39 is 8.07 Å². The van der Waals surface area contributed by atoms with Crippen molar-refractivity contribution in [2.24, 2.45) is 11.8 Å². The van der Waals surface area contributed by atoms with E-state index in [0.717, 1.165) is 45.5 Å². The molecule has 1 fully saturated rings. The van der Waals surface area contributed by atoms with E-state index in [4.69, 9.17) is 9.40 Å². The van der Waals surface area contributed by atoms with Gasteiger partial charge in [-0.25, -0.2) is 0 Å². The van der Waals surface area contributed by atoms with Gasteiger partial charge in [0.2, 0.25) is 0 Å². The van der Waals surface area contributed by atoms with Crippen molar-refractivity contribution in [1.29, 1.82) is 0 Å². The summed E-state index contributed by atoms with van der Waals surface area (Å²) in [6.45, 7) is 13.9. The first-order chi connectivity index (χ1) is 20.7. The number of para-hydroxylation sites is 1. The Bertz CT molecular complexity index is 1830. The Labute approximate surface area is 276 Å². The first-order valence-corrected chi connectivity index (χ1v) is 18.9. The monoisotopic (exact) mass is 773 g/mol. The largest absolute Gasteiger partial charge is 0.501 e. The van der Waals surface area contributed by atoms with E-state index in [1.165, 1.54) is 39.9 Å². The van der Waals surface area contributed by atoms with Gasteiger partial charge in [-0.3, -0.25) is 0 Å². The van der Waals surface area contributed by atoms with Crippen molar-refractivity contribution < 1.29 is 24.5 Å². The van der Waals surface area contributed by atoms with E-state index in [2.05, 4.69) is 99.3 Å². The van der Waals surface area contributed by atoms with Gasteiger partial charge in [-0.2, -0.15) is 0 Å². The number of aromatic nitrogens is 2. The second kappa shape index (κ2) is 13.3. The number of hydrogen-bond acceptors (Lipinski definition) is 3. The second-order valence-electron chi connectivity index (χ2n) is 13.2. The summed E-state index contributed by atoms with van der Waals surface area (Å²) in [6.07, 6.45) is 6.50. The molecular formula is C39H40IrN2OSi-2. The fraction of sp³-hybridized carbons (Fsp3) is 0.282. The summed E-state index contributed by atoms with van der Waals surface area (Å²) in [5, 5.41) is 3.85. The van der Waals surface area contributed by atoms with Gasteiger partial charge >= 0.3 is 0 Å². The second-order valence-corrected chi connectivity index (χ2v) is 18.3. The van der Waals surface area contributed by atoms with Crippen LogP contribution >= 0.6 is 0 Å². The third kappa shape index (κ3) is 6.66. The number of furan rings is 1. The topological polar surface area (TPSA) is 38.9 Å². The number of fused-ring (bicyclic) bond motifs is 3. The summed E-state index contributed by atoms with van der Waals surface area (Å²) in [5.74, 6) is 2.24. The Hall–Kier alpha value is -3.37. The molecule has 6 aromatic rings. The first-order valence-electron chi connectivity index (χ1n) is 15.4. The molecule has 3 aromatic carbocycles. The molecule has 3 aromatic heterocycles. The molecule has 1 radical (unpaired) electrons. The zero-order valence-electron chi connectivity index (χ0n) is 26.4. The minimum atomic E-state index is -1.55. The molecule has 0 amide bonds. The smallest absolute Gasteiger partial charge is 0.120 e. The molecule has 1 aliphatic carbocycles. The van der Waals surface area contributed by atoms with Crippen LogP contribution in [-0.4, -0.2) is 18.0 Å². The molecule has 5 heteroatoms. The van der Waals surface area contributed by atoms with Gasteiger partial charge in [0.25, 0.3) is 0 Å². The van der Waals surface area contributed by atoms with Crippen molar-refractivity contribution in [3.05, 3.63) is 115 Å². The molecule has 0 N–H and O–H groups in total. The predicted molar refractivity (Wildman–Crippen MR) is 182 cm³/mol. The quantitative estimate of drug-likeness (QED) is 0.132. The van der Waals surface area contributed by atoms with Gasteiger partial charge in [0.1, 0.15) is 5.58 Å². The first kappa shape index (κ1) is 32.0. The zero-order valence-corrected chi connectivity index (χ0v) is 29.8. The van der Waals surface area contributed by atoms with Crippen LogP contribution in [-0.2, 0) is 20.1 Å². The molecule has 227 valence electrons. The number of aryl methyl sites for hydroxylation is 1. The maximum atomic E-state index is 6.38. The third-order valence-corrected chi connectivity index (χ3v) is 11.0. The Morgan fingerprint density at radius 3 is 2.14 bits per heavy atom. The van der Waals surface area contributed by atoms with E-state index in [0.29, 0.717) is 5.92 Å². The molecule has 2 unspecified atom stereocenters. The van der Waals surface area contributed by atoms with E-state index in [9.17, 15) is 0 Å². The van der Waals surface area contributed by atoms with Gasteiger partial charge in [-0.1, -0.05) is 86.9 Å². The molecule has 1 aliphatic rings. The van der Waals surface area contributed by atoms with Crippen molar-refractivity contribution in [1.82, 2.24) is 9.97 Å². The summed E-state index contributed by atoms with van der Waals surface area (Å²) in [4.78, 5) is 9.19. The van der Waals surface area contributed by atoms with Crippen LogP contribution < -0.4 is 5.19 Å². The molecule has 0 spiro atoms. The average Bonchev–Trinajstić information content (AvgIpc) is 3.57. The zero-order chi connectivity index (χ0) is 30.1. The summed E-state index contributed by atoms with van der Waals surface area (Å²) in [5.41, 5.74) is 8.37. The standard InChI is InChI=1S/C27H30NOSi.C12H10N.Ir/c1-17-14-20(15-18(17)2)19-10-12-23(28-16-19)21-11-13-25(30(3,4)5)26-22-8-6-7-9-24(22)29-27(21)26;1-10-7-8-12(13-9-10)11-5-3-2-4-6-11;/h6-10,12-13,16-18,20H,14-15H2,1-5H3;2-5,7-9H,1H3;/q2*-1;. The van der Waals surface area contributed by atoms with Crippen LogP contribution in [0.5, 0.6) is 0 Å². The van der Waals surface area contributed by atoms with Crippen molar-refractivity contribution >= 4 is 35.2 Å². The molecule has 44 heavy (non-hydrogen) atoms. The van der Waals surface area contributed by atoms with Crippen LogP contribution in [0.15, 0.2) is 95.7 Å². The minimum absolute atomic E-state index is 0. The van der Waals surface area contributed by atoms with E-state index in [-0.39, 0.29) is 20.1 Å².